The van der Waals surface area contributed by atoms with E-state index in [2.05, 4.69) is 9.62 Å². The average molecular weight is 420 g/mol. The summed E-state index contributed by atoms with van der Waals surface area (Å²) in [6, 6.07) is 12.2. The number of halogens is 1. The molecule has 0 saturated carbocycles. The number of nitrogens with zero attached hydrogens (tertiary/aromatic N) is 2. The smallest absolute Gasteiger partial charge is 0.253 e. The molecule has 0 aliphatic carbocycles. The predicted molar refractivity (Wildman–Crippen MR) is 111 cm³/mol. The minimum atomic E-state index is -3.66. The van der Waals surface area contributed by atoms with Crippen LogP contribution in [0.5, 0.6) is 0 Å². The van der Waals surface area contributed by atoms with Gasteiger partial charge < -0.3 is 9.80 Å². The fourth-order valence-electron chi connectivity index (χ4n) is 3.39. The summed E-state index contributed by atoms with van der Waals surface area (Å²) in [6.45, 7) is 5.98. The van der Waals surface area contributed by atoms with Crippen LogP contribution in [0.2, 0.25) is 0 Å². The third kappa shape index (κ3) is 5.33. The van der Waals surface area contributed by atoms with E-state index in [-0.39, 0.29) is 22.7 Å². The van der Waals surface area contributed by atoms with Crippen molar-refractivity contribution in [2.75, 3.05) is 31.1 Å². The summed E-state index contributed by atoms with van der Waals surface area (Å²) < 4.78 is 40.5. The van der Waals surface area contributed by atoms with Gasteiger partial charge in [-0.15, -0.1) is 0 Å². The maximum atomic E-state index is 13.2. The number of carbonyl (C=O) groups is 1. The van der Waals surface area contributed by atoms with Gasteiger partial charge in [0.2, 0.25) is 10.0 Å². The predicted octanol–water partition coefficient (Wildman–Crippen LogP) is 2.86. The Bertz CT molecular complexity index is 961. The lowest BCUT2D eigenvalue weighted by Gasteiger charge is -2.24. The van der Waals surface area contributed by atoms with Gasteiger partial charge >= 0.3 is 0 Å². The molecular formula is C21H26FN3O3S. The number of anilines is 1. The molecule has 29 heavy (non-hydrogen) atoms. The zero-order valence-corrected chi connectivity index (χ0v) is 17.5. The van der Waals surface area contributed by atoms with E-state index in [1.807, 2.05) is 0 Å². The molecule has 8 heteroatoms. The molecule has 1 N–H and O–H groups in total. The molecule has 156 valence electrons. The zero-order valence-electron chi connectivity index (χ0n) is 16.6. The van der Waals surface area contributed by atoms with E-state index < -0.39 is 10.0 Å². The molecule has 1 saturated heterocycles. The topological polar surface area (TPSA) is 69.7 Å². The van der Waals surface area contributed by atoms with Crippen molar-refractivity contribution in [2.45, 2.75) is 31.2 Å². The molecule has 0 unspecified atom stereocenters. The lowest BCUT2D eigenvalue weighted by atomic mass is 10.2. The number of sulfonamides is 1. The van der Waals surface area contributed by atoms with E-state index in [1.165, 1.54) is 24.3 Å². The molecule has 1 heterocycles. The third-order valence-electron chi connectivity index (χ3n) is 4.76. The number of nitrogens with one attached hydrogen (secondary N) is 1. The SMILES string of the molecule is CC(C)NS(=O)(=O)c1cccc(C(=O)N2CCCN(c3ccc(F)cc3)CC2)c1. The summed E-state index contributed by atoms with van der Waals surface area (Å²) in [5, 5.41) is 0. The maximum absolute atomic E-state index is 13.2. The summed E-state index contributed by atoms with van der Waals surface area (Å²) in [6.07, 6.45) is 0.774. The Hall–Kier alpha value is -2.45. The number of carbonyl (C=O) groups excluding carboxylic acids is 1. The van der Waals surface area contributed by atoms with Gasteiger partial charge in [-0.1, -0.05) is 6.07 Å². The summed E-state index contributed by atoms with van der Waals surface area (Å²) in [7, 11) is -3.66. The number of hydrogen-bond donors (Lipinski definition) is 1. The second-order valence-corrected chi connectivity index (χ2v) is 9.13. The fourth-order valence-corrected chi connectivity index (χ4v) is 4.68. The quantitative estimate of drug-likeness (QED) is 0.809. The van der Waals surface area contributed by atoms with Crippen LogP contribution in [0.4, 0.5) is 10.1 Å². The van der Waals surface area contributed by atoms with Crippen LogP contribution in [0.1, 0.15) is 30.6 Å². The molecule has 0 atom stereocenters. The van der Waals surface area contributed by atoms with Gasteiger partial charge in [-0.05, 0) is 62.7 Å². The van der Waals surface area contributed by atoms with Crippen molar-refractivity contribution in [1.82, 2.24) is 9.62 Å². The molecule has 0 spiro atoms. The third-order valence-corrected chi connectivity index (χ3v) is 6.41. The monoisotopic (exact) mass is 419 g/mol. The maximum Gasteiger partial charge on any atom is 0.253 e. The Morgan fingerprint density at radius 1 is 1.03 bits per heavy atom. The van der Waals surface area contributed by atoms with Crippen molar-refractivity contribution < 1.29 is 17.6 Å². The number of rotatable bonds is 5. The van der Waals surface area contributed by atoms with Gasteiger partial charge in [-0.25, -0.2) is 17.5 Å². The van der Waals surface area contributed by atoms with Gasteiger partial charge in [0.1, 0.15) is 5.82 Å². The highest BCUT2D eigenvalue weighted by molar-refractivity contribution is 7.89. The van der Waals surface area contributed by atoms with Crippen LogP contribution in [0.25, 0.3) is 0 Å². The molecule has 6 nitrogen and oxygen atoms in total. The molecule has 1 amide bonds. The largest absolute Gasteiger partial charge is 0.370 e. The van der Waals surface area contributed by atoms with Crippen molar-refractivity contribution in [3.63, 3.8) is 0 Å². The molecule has 0 bridgehead atoms. The number of hydrogen-bond acceptors (Lipinski definition) is 4. The molecule has 2 aromatic rings. The van der Waals surface area contributed by atoms with Crippen LogP contribution >= 0.6 is 0 Å². The van der Waals surface area contributed by atoms with Gasteiger partial charge in [0.25, 0.3) is 5.91 Å². The van der Waals surface area contributed by atoms with Gasteiger partial charge in [-0.3, -0.25) is 4.79 Å². The van der Waals surface area contributed by atoms with E-state index in [4.69, 9.17) is 0 Å². The van der Waals surface area contributed by atoms with E-state index in [9.17, 15) is 17.6 Å². The molecule has 3 rings (SSSR count). The summed E-state index contributed by atoms with van der Waals surface area (Å²) in [4.78, 5) is 16.9. The summed E-state index contributed by atoms with van der Waals surface area (Å²) in [5.41, 5.74) is 1.28. The molecule has 0 aromatic heterocycles. The minimum Gasteiger partial charge on any atom is -0.370 e. The van der Waals surface area contributed by atoms with Gasteiger partial charge in [-0.2, -0.15) is 0 Å². The first kappa shape index (κ1) is 21.3. The Balaban J connectivity index is 1.72. The van der Waals surface area contributed by atoms with E-state index >= 15 is 0 Å². The van der Waals surface area contributed by atoms with Crippen LogP contribution in [0.15, 0.2) is 53.4 Å². The van der Waals surface area contributed by atoms with Crippen LogP contribution < -0.4 is 9.62 Å². The molecule has 0 radical (unpaired) electrons. The second-order valence-electron chi connectivity index (χ2n) is 7.41. The van der Waals surface area contributed by atoms with Crippen molar-refractivity contribution in [1.29, 1.82) is 0 Å². The van der Waals surface area contributed by atoms with Crippen molar-refractivity contribution in [3.05, 3.63) is 59.9 Å². The molecule has 1 fully saturated rings. The van der Waals surface area contributed by atoms with Crippen LogP contribution in [-0.4, -0.2) is 51.4 Å². The van der Waals surface area contributed by atoms with Crippen molar-refractivity contribution in [3.8, 4) is 0 Å². The Labute approximate surface area is 171 Å². The van der Waals surface area contributed by atoms with Crippen LogP contribution in [0, 0.1) is 5.82 Å². The van der Waals surface area contributed by atoms with E-state index in [0.29, 0.717) is 25.2 Å². The summed E-state index contributed by atoms with van der Waals surface area (Å²) >= 11 is 0. The van der Waals surface area contributed by atoms with Gasteiger partial charge in [0.15, 0.2) is 0 Å². The number of amides is 1. The molecule has 2 aromatic carbocycles. The van der Waals surface area contributed by atoms with Crippen molar-refractivity contribution >= 4 is 21.6 Å². The first-order valence-electron chi connectivity index (χ1n) is 9.68. The summed E-state index contributed by atoms with van der Waals surface area (Å²) in [5.74, 6) is -0.463. The Morgan fingerprint density at radius 3 is 2.45 bits per heavy atom. The van der Waals surface area contributed by atoms with Crippen LogP contribution in [0.3, 0.4) is 0 Å². The highest BCUT2D eigenvalue weighted by Crippen LogP contribution is 2.19. The lowest BCUT2D eigenvalue weighted by Crippen LogP contribution is -2.35. The minimum absolute atomic E-state index is 0.0832. The normalized spacial score (nSPS) is 15.4. The van der Waals surface area contributed by atoms with Crippen LogP contribution in [-0.2, 0) is 10.0 Å². The molecule has 1 aliphatic rings. The highest BCUT2D eigenvalue weighted by Gasteiger charge is 2.23. The van der Waals surface area contributed by atoms with Gasteiger partial charge in [0.05, 0.1) is 4.90 Å². The van der Waals surface area contributed by atoms with Gasteiger partial charge in [0, 0.05) is 43.5 Å². The van der Waals surface area contributed by atoms with E-state index in [0.717, 1.165) is 18.7 Å². The fraction of sp³-hybridized carbons (Fsp3) is 0.381. The first-order valence-corrected chi connectivity index (χ1v) is 11.2. The lowest BCUT2D eigenvalue weighted by molar-refractivity contribution is 0.0767. The highest BCUT2D eigenvalue weighted by atomic mass is 32.2. The molecular weight excluding hydrogens is 393 g/mol. The zero-order chi connectivity index (χ0) is 21.0. The van der Waals surface area contributed by atoms with Crippen molar-refractivity contribution in [2.24, 2.45) is 0 Å². The second kappa shape index (κ2) is 8.92. The van der Waals surface area contributed by atoms with E-state index in [1.54, 1.807) is 43.0 Å². The Kier molecular flexibility index (Phi) is 6.54. The first-order chi connectivity index (χ1) is 13.8. The average Bonchev–Trinajstić information content (AvgIpc) is 2.93. The standard InChI is InChI=1S/C21H26FN3O3S/c1-16(2)23-29(27,28)20-6-3-5-17(15-20)21(26)25-12-4-11-24(13-14-25)19-9-7-18(22)8-10-19/h3,5-10,15-16,23H,4,11-14H2,1-2H3. The Morgan fingerprint density at radius 2 is 1.76 bits per heavy atom. The number of benzene rings is 2. The molecule has 1 aliphatic heterocycles.